The minimum absolute atomic E-state index is 0.0665. The van der Waals surface area contributed by atoms with Gasteiger partial charge in [0.1, 0.15) is 18.1 Å². The van der Waals surface area contributed by atoms with Crippen LogP contribution in [0.2, 0.25) is 0 Å². The van der Waals surface area contributed by atoms with Crippen LogP contribution < -0.4 is 0 Å². The van der Waals surface area contributed by atoms with Crippen molar-refractivity contribution in [2.45, 2.75) is 103 Å². The number of carbonyl (C=O) groups is 5. The smallest absolute Gasteiger partial charge is 0.341 e. The summed E-state index contributed by atoms with van der Waals surface area (Å²) in [5.74, 6) is -12.3. The average Bonchev–Trinajstić information content (AvgIpc) is 3.20. The van der Waals surface area contributed by atoms with Crippen molar-refractivity contribution in [1.29, 1.82) is 0 Å². The van der Waals surface area contributed by atoms with Crippen molar-refractivity contribution in [3.05, 3.63) is 60.2 Å². The quantitative estimate of drug-likeness (QED) is 0.106. The van der Waals surface area contributed by atoms with Gasteiger partial charge >= 0.3 is 29.8 Å². The van der Waals surface area contributed by atoms with Crippen LogP contribution in [0.1, 0.15) is 65.9 Å². The molecule has 2 heterocycles. The van der Waals surface area contributed by atoms with Crippen molar-refractivity contribution < 1.29 is 63.3 Å². The molecular formula is C35H46O13. The van der Waals surface area contributed by atoms with Crippen molar-refractivity contribution >= 4 is 29.8 Å². The molecule has 1 aromatic carbocycles. The molecule has 0 amide bonds. The number of allylic oxidation sites excluding steroid dienone is 1. The summed E-state index contributed by atoms with van der Waals surface area (Å²) in [6.07, 6.45) is -3.35. The first-order valence-corrected chi connectivity index (χ1v) is 16.0. The largest absolute Gasteiger partial charge is 0.481 e. The van der Waals surface area contributed by atoms with Gasteiger partial charge in [0.2, 0.25) is 11.4 Å². The molecule has 10 atom stereocenters. The maximum absolute atomic E-state index is 13.0. The average molecular weight is 675 g/mol. The summed E-state index contributed by atoms with van der Waals surface area (Å²) in [4.78, 5) is 62.8. The number of carbonyl (C=O) groups excluding carboxylic acids is 2. The SMILES string of the molecule is C=C(CC[C@]12O[C@H](C(=O)O)[C@@H](C(=O)O)[C@](C(=O)O)(O1)C(OC(=O)/C=C/[C@@H](C)C[C@@H](C)CC)[C@H]2O)[C@@H](OC(C)=O)[C@H](C)Cc1ccccc1. The van der Waals surface area contributed by atoms with Gasteiger partial charge in [0.25, 0.3) is 0 Å². The molecule has 0 radical (unpaired) electrons. The molecule has 2 bridgehead atoms. The zero-order valence-corrected chi connectivity index (χ0v) is 27.9. The number of aliphatic hydroxyl groups excluding tert-OH is 1. The number of aliphatic hydroxyl groups is 1. The van der Waals surface area contributed by atoms with Gasteiger partial charge in [0.15, 0.2) is 12.2 Å². The van der Waals surface area contributed by atoms with E-state index in [-0.39, 0.29) is 18.3 Å². The molecule has 2 fully saturated rings. The van der Waals surface area contributed by atoms with Gasteiger partial charge in [0.05, 0.1) is 0 Å². The maximum Gasteiger partial charge on any atom is 0.341 e. The summed E-state index contributed by atoms with van der Waals surface area (Å²) < 4.78 is 22.5. The second-order valence-corrected chi connectivity index (χ2v) is 12.9. The molecule has 2 saturated heterocycles. The van der Waals surface area contributed by atoms with Crippen molar-refractivity contribution in [3.63, 3.8) is 0 Å². The number of esters is 2. The van der Waals surface area contributed by atoms with Gasteiger partial charge in [-0.3, -0.25) is 9.59 Å². The second kappa shape index (κ2) is 15.9. The Morgan fingerprint density at radius 3 is 2.23 bits per heavy atom. The maximum atomic E-state index is 13.0. The highest BCUT2D eigenvalue weighted by Crippen LogP contribution is 2.54. The number of aliphatic carboxylic acids is 3. The van der Waals surface area contributed by atoms with Gasteiger partial charge in [-0.05, 0) is 42.2 Å². The molecule has 1 unspecified atom stereocenters. The summed E-state index contributed by atoms with van der Waals surface area (Å²) in [6, 6.07) is 9.39. The van der Waals surface area contributed by atoms with Crippen LogP contribution in [0.15, 0.2) is 54.6 Å². The van der Waals surface area contributed by atoms with E-state index in [1.807, 2.05) is 58.0 Å². The minimum Gasteiger partial charge on any atom is -0.481 e. The van der Waals surface area contributed by atoms with Crippen LogP contribution in [0.5, 0.6) is 0 Å². The van der Waals surface area contributed by atoms with Crippen LogP contribution in [-0.2, 0) is 49.3 Å². The van der Waals surface area contributed by atoms with Crippen LogP contribution >= 0.6 is 0 Å². The van der Waals surface area contributed by atoms with E-state index in [0.717, 1.165) is 24.5 Å². The van der Waals surface area contributed by atoms with Crippen LogP contribution in [-0.4, -0.2) is 86.1 Å². The van der Waals surface area contributed by atoms with E-state index in [1.54, 1.807) is 6.08 Å². The van der Waals surface area contributed by atoms with Crippen LogP contribution in [0.4, 0.5) is 0 Å². The fourth-order valence-electron chi connectivity index (χ4n) is 6.56. The first-order valence-electron chi connectivity index (χ1n) is 16.0. The van der Waals surface area contributed by atoms with Gasteiger partial charge in [-0.15, -0.1) is 0 Å². The Kier molecular flexibility index (Phi) is 12.7. The van der Waals surface area contributed by atoms with Crippen molar-refractivity contribution in [3.8, 4) is 0 Å². The summed E-state index contributed by atoms with van der Waals surface area (Å²) in [5.41, 5.74) is -1.77. The predicted octanol–water partition coefficient (Wildman–Crippen LogP) is 3.77. The number of ether oxygens (including phenoxy) is 4. The third kappa shape index (κ3) is 8.31. The number of fused-ring (bicyclic) bond motifs is 2. The summed E-state index contributed by atoms with van der Waals surface area (Å²) in [6.45, 7) is 13.1. The topological polar surface area (TPSA) is 203 Å². The molecule has 4 N–H and O–H groups in total. The Hall–Kier alpha value is -4.07. The normalized spacial score (nSPS) is 29.0. The third-order valence-corrected chi connectivity index (χ3v) is 9.12. The minimum atomic E-state index is -3.05. The number of hydrogen-bond donors (Lipinski definition) is 4. The summed E-state index contributed by atoms with van der Waals surface area (Å²) in [7, 11) is 0. The lowest BCUT2D eigenvalue weighted by Gasteiger charge is -2.44. The van der Waals surface area contributed by atoms with Gasteiger partial charge in [0, 0.05) is 25.3 Å². The van der Waals surface area contributed by atoms with E-state index in [4.69, 9.17) is 18.9 Å². The van der Waals surface area contributed by atoms with Crippen molar-refractivity contribution in [2.24, 2.45) is 23.7 Å². The molecule has 0 saturated carbocycles. The predicted molar refractivity (Wildman–Crippen MR) is 169 cm³/mol. The highest BCUT2D eigenvalue weighted by molar-refractivity contribution is 5.93. The first-order chi connectivity index (χ1) is 22.5. The third-order valence-electron chi connectivity index (χ3n) is 9.12. The van der Waals surface area contributed by atoms with E-state index >= 15 is 0 Å². The Labute approximate surface area is 279 Å². The lowest BCUT2D eigenvalue weighted by molar-refractivity contribution is -0.342. The number of carboxylic acids is 3. The monoisotopic (exact) mass is 674 g/mol. The molecule has 1 aromatic rings. The van der Waals surface area contributed by atoms with Gasteiger partial charge in [-0.25, -0.2) is 14.4 Å². The molecule has 48 heavy (non-hydrogen) atoms. The Morgan fingerprint density at radius 2 is 1.69 bits per heavy atom. The highest BCUT2D eigenvalue weighted by atomic mass is 16.8. The summed E-state index contributed by atoms with van der Waals surface area (Å²) >= 11 is 0. The molecule has 13 nitrogen and oxygen atoms in total. The van der Waals surface area contributed by atoms with Crippen LogP contribution in [0, 0.1) is 23.7 Å². The molecular weight excluding hydrogens is 628 g/mol. The fourth-order valence-corrected chi connectivity index (χ4v) is 6.56. The fraction of sp³-hybridized carbons (Fsp3) is 0.571. The number of benzene rings is 1. The number of carboxylic acid groups (broad SMARTS) is 3. The van der Waals surface area contributed by atoms with Gasteiger partial charge in [-0.1, -0.05) is 77.1 Å². The zero-order chi connectivity index (χ0) is 36.0. The number of hydrogen-bond acceptors (Lipinski definition) is 10. The van der Waals surface area contributed by atoms with E-state index in [2.05, 4.69) is 6.58 Å². The Bertz CT molecular complexity index is 1390. The first kappa shape index (κ1) is 38.4. The highest BCUT2D eigenvalue weighted by Gasteiger charge is 2.79. The lowest BCUT2D eigenvalue weighted by Crippen LogP contribution is -2.66. The molecule has 13 heteroatoms. The van der Waals surface area contributed by atoms with E-state index in [0.29, 0.717) is 17.9 Å². The molecule has 3 rings (SSSR count). The van der Waals surface area contributed by atoms with Gasteiger partial charge < -0.3 is 39.4 Å². The van der Waals surface area contributed by atoms with Crippen molar-refractivity contribution in [1.82, 2.24) is 0 Å². The zero-order valence-electron chi connectivity index (χ0n) is 27.9. The van der Waals surface area contributed by atoms with E-state index in [1.165, 1.54) is 6.92 Å². The van der Waals surface area contributed by atoms with Crippen LogP contribution in [0.3, 0.4) is 0 Å². The molecule has 0 aliphatic carbocycles. The number of rotatable bonds is 17. The Morgan fingerprint density at radius 1 is 1.04 bits per heavy atom. The molecule has 264 valence electrons. The lowest BCUT2D eigenvalue weighted by atomic mass is 9.78. The van der Waals surface area contributed by atoms with Gasteiger partial charge in [-0.2, -0.15) is 0 Å². The van der Waals surface area contributed by atoms with Crippen molar-refractivity contribution in [2.75, 3.05) is 0 Å². The summed E-state index contributed by atoms with van der Waals surface area (Å²) in [5, 5.41) is 42.1. The van der Waals surface area contributed by atoms with E-state index < -0.39 is 78.0 Å². The molecule has 2 aliphatic rings. The van der Waals surface area contributed by atoms with Crippen LogP contribution in [0.25, 0.3) is 0 Å². The molecule has 2 aliphatic heterocycles. The van der Waals surface area contributed by atoms with E-state index in [9.17, 15) is 44.4 Å². The molecule has 0 spiro atoms. The molecule has 0 aromatic heterocycles. The second-order valence-electron chi connectivity index (χ2n) is 12.9. The standard InChI is InChI=1S/C35H46O13/c1-7-19(2)17-20(3)13-14-25(37)46-30-29(38)34(47-28(32(41)42)26(31(39)40)35(30,48-34)33(43)44)16-15-21(4)27(45-23(6)36)22(5)18-24-11-9-8-10-12-24/h8-14,19-20,22,26-30,38H,4,7,15-18H2,1-3,5-6H3,(H,39,40)(H,41,42)(H,43,44)/b14-13+/t19-,20+,22+,26-,27+,28-,29+,30?,34-,35-/m0/s1. The Balaban J connectivity index is 1.97.